The van der Waals surface area contributed by atoms with Crippen molar-refractivity contribution in [2.75, 3.05) is 36.4 Å². The summed E-state index contributed by atoms with van der Waals surface area (Å²) in [7, 11) is 0. The fraction of sp³-hybridized carbons (Fsp3) is 0.533. The number of carbonyl (C=O) groups excluding carboxylic acids is 1. The molecule has 1 aromatic carbocycles. The third-order valence-corrected chi connectivity index (χ3v) is 3.05. The molecule has 0 atom stereocenters. The third kappa shape index (κ3) is 4.60. The molecule has 1 amide bonds. The highest BCUT2D eigenvalue weighted by atomic mass is 19.1. The highest BCUT2D eigenvalue weighted by Gasteiger charge is 2.20. The van der Waals surface area contributed by atoms with Crippen LogP contribution in [0.25, 0.3) is 0 Å². The second-order valence-corrected chi connectivity index (χ2v) is 6.03. The van der Waals surface area contributed by atoms with Gasteiger partial charge in [0.15, 0.2) is 0 Å². The van der Waals surface area contributed by atoms with E-state index in [9.17, 15) is 9.18 Å². The quantitative estimate of drug-likeness (QED) is 0.880. The monoisotopic (exact) mass is 295 g/mol. The summed E-state index contributed by atoms with van der Waals surface area (Å²) in [5.41, 5.74) is 0.675. The van der Waals surface area contributed by atoms with Gasteiger partial charge < -0.3 is 15.0 Å². The molecule has 0 saturated carbocycles. The van der Waals surface area contributed by atoms with Crippen molar-refractivity contribution < 1.29 is 13.9 Å². The van der Waals surface area contributed by atoms with Crippen LogP contribution in [0.3, 0.4) is 0 Å². The summed E-state index contributed by atoms with van der Waals surface area (Å²) >= 11 is 0. The Balaban J connectivity index is 2.16. The largest absolute Gasteiger partial charge is 0.444 e. The van der Waals surface area contributed by atoms with E-state index in [-0.39, 0.29) is 5.82 Å². The molecule has 2 N–H and O–H groups in total. The molecule has 1 saturated heterocycles. The second kappa shape index (κ2) is 6.30. The van der Waals surface area contributed by atoms with Gasteiger partial charge in [0.25, 0.3) is 0 Å². The zero-order chi connectivity index (χ0) is 15.5. The smallest absolute Gasteiger partial charge is 0.412 e. The number of amides is 1. The summed E-state index contributed by atoms with van der Waals surface area (Å²) in [4.78, 5) is 13.9. The first-order valence-corrected chi connectivity index (χ1v) is 7.10. The highest BCUT2D eigenvalue weighted by Crippen LogP contribution is 2.27. The van der Waals surface area contributed by atoms with Crippen LogP contribution in [-0.4, -0.2) is 37.9 Å². The van der Waals surface area contributed by atoms with Gasteiger partial charge in [-0.1, -0.05) is 0 Å². The minimum atomic E-state index is -0.570. The van der Waals surface area contributed by atoms with Crippen LogP contribution in [0.15, 0.2) is 18.2 Å². The Hall–Kier alpha value is -1.82. The Labute approximate surface area is 124 Å². The van der Waals surface area contributed by atoms with Crippen molar-refractivity contribution in [3.8, 4) is 0 Å². The normalized spacial score (nSPS) is 15.7. The van der Waals surface area contributed by atoms with Crippen molar-refractivity contribution >= 4 is 17.5 Å². The van der Waals surface area contributed by atoms with Gasteiger partial charge in [0.05, 0.1) is 11.4 Å². The summed E-state index contributed by atoms with van der Waals surface area (Å²) in [5, 5.41) is 5.94. The maximum Gasteiger partial charge on any atom is 0.412 e. The zero-order valence-electron chi connectivity index (χ0n) is 12.7. The lowest BCUT2D eigenvalue weighted by Gasteiger charge is -2.31. The number of ether oxygens (including phenoxy) is 1. The van der Waals surface area contributed by atoms with Gasteiger partial charge in [-0.25, -0.2) is 9.18 Å². The lowest BCUT2D eigenvalue weighted by Crippen LogP contribution is -2.44. The molecule has 116 valence electrons. The van der Waals surface area contributed by atoms with Crippen molar-refractivity contribution in [3.05, 3.63) is 24.0 Å². The molecular formula is C15H22FN3O2. The van der Waals surface area contributed by atoms with Crippen LogP contribution in [0.5, 0.6) is 0 Å². The molecule has 0 radical (unpaired) electrons. The Morgan fingerprint density at radius 3 is 2.62 bits per heavy atom. The minimum Gasteiger partial charge on any atom is -0.444 e. The fourth-order valence-corrected chi connectivity index (χ4v) is 2.19. The summed E-state index contributed by atoms with van der Waals surface area (Å²) in [6, 6.07) is 4.34. The molecule has 1 aliphatic rings. The predicted octanol–water partition coefficient (Wildman–Crippen LogP) is 2.58. The molecule has 1 fully saturated rings. The van der Waals surface area contributed by atoms with Crippen LogP contribution < -0.4 is 15.5 Å². The first-order valence-electron chi connectivity index (χ1n) is 7.10. The van der Waals surface area contributed by atoms with Crippen LogP contribution in [0.2, 0.25) is 0 Å². The number of hydrogen-bond acceptors (Lipinski definition) is 4. The predicted molar refractivity (Wildman–Crippen MR) is 81.3 cm³/mol. The van der Waals surface area contributed by atoms with Crippen molar-refractivity contribution in [3.63, 3.8) is 0 Å². The molecule has 1 aromatic rings. The molecule has 5 nitrogen and oxygen atoms in total. The van der Waals surface area contributed by atoms with Gasteiger partial charge in [-0.3, -0.25) is 5.32 Å². The topological polar surface area (TPSA) is 53.6 Å². The first-order chi connectivity index (χ1) is 9.85. The second-order valence-electron chi connectivity index (χ2n) is 6.03. The van der Waals surface area contributed by atoms with Gasteiger partial charge in [-0.05, 0) is 39.0 Å². The Kier molecular flexibility index (Phi) is 4.67. The van der Waals surface area contributed by atoms with Gasteiger partial charge in [0.2, 0.25) is 0 Å². The van der Waals surface area contributed by atoms with Crippen LogP contribution in [0.4, 0.5) is 20.6 Å². The first kappa shape index (κ1) is 15.6. The molecule has 1 aliphatic heterocycles. The van der Waals surface area contributed by atoms with Crippen molar-refractivity contribution in [1.82, 2.24) is 5.32 Å². The third-order valence-electron chi connectivity index (χ3n) is 3.05. The standard InChI is InChI=1S/C15H22FN3O2/c1-15(2,3)21-14(20)18-12-5-4-11(16)10-13(12)19-8-6-17-7-9-19/h4-5,10,17H,6-9H2,1-3H3,(H,18,20). The number of halogens is 1. The average molecular weight is 295 g/mol. The van der Waals surface area contributed by atoms with E-state index in [4.69, 9.17) is 4.74 Å². The summed E-state index contributed by atoms with van der Waals surface area (Å²) in [6.07, 6.45) is -0.537. The Morgan fingerprint density at radius 1 is 1.33 bits per heavy atom. The van der Waals surface area contributed by atoms with Gasteiger partial charge in [-0.2, -0.15) is 0 Å². The molecule has 0 aromatic heterocycles. The number of anilines is 2. The maximum absolute atomic E-state index is 13.5. The van der Waals surface area contributed by atoms with Crippen LogP contribution in [0, 0.1) is 5.82 Å². The molecular weight excluding hydrogens is 273 g/mol. The summed E-state index contributed by atoms with van der Waals surface area (Å²) in [6.45, 7) is 8.61. The van der Waals surface area contributed by atoms with Crippen molar-refractivity contribution in [1.29, 1.82) is 0 Å². The van der Waals surface area contributed by atoms with E-state index in [1.54, 1.807) is 26.8 Å². The van der Waals surface area contributed by atoms with Gasteiger partial charge in [-0.15, -0.1) is 0 Å². The maximum atomic E-state index is 13.5. The molecule has 0 bridgehead atoms. The van der Waals surface area contributed by atoms with Gasteiger partial charge in [0, 0.05) is 26.2 Å². The fourth-order valence-electron chi connectivity index (χ4n) is 2.19. The molecule has 0 spiro atoms. The highest BCUT2D eigenvalue weighted by molar-refractivity contribution is 5.90. The van der Waals surface area contributed by atoms with E-state index >= 15 is 0 Å². The number of nitrogens with zero attached hydrogens (tertiary/aromatic N) is 1. The molecule has 1 heterocycles. The molecule has 2 rings (SSSR count). The van der Waals surface area contributed by atoms with E-state index in [1.807, 2.05) is 4.90 Å². The van der Waals surface area contributed by atoms with E-state index in [2.05, 4.69) is 10.6 Å². The molecule has 0 aliphatic carbocycles. The lowest BCUT2D eigenvalue weighted by molar-refractivity contribution is 0.0636. The van der Waals surface area contributed by atoms with Crippen LogP contribution in [-0.2, 0) is 4.74 Å². The number of rotatable bonds is 2. The van der Waals surface area contributed by atoms with Gasteiger partial charge >= 0.3 is 6.09 Å². The number of nitrogens with one attached hydrogen (secondary N) is 2. The lowest BCUT2D eigenvalue weighted by atomic mass is 10.2. The van der Waals surface area contributed by atoms with E-state index in [1.165, 1.54) is 12.1 Å². The molecule has 21 heavy (non-hydrogen) atoms. The van der Waals surface area contributed by atoms with Gasteiger partial charge in [0.1, 0.15) is 11.4 Å². The average Bonchev–Trinajstić information content (AvgIpc) is 2.40. The number of benzene rings is 1. The molecule has 6 heteroatoms. The minimum absolute atomic E-state index is 0.321. The van der Waals surface area contributed by atoms with E-state index < -0.39 is 11.7 Å². The van der Waals surface area contributed by atoms with Crippen molar-refractivity contribution in [2.45, 2.75) is 26.4 Å². The van der Waals surface area contributed by atoms with Crippen LogP contribution in [0.1, 0.15) is 20.8 Å². The SMILES string of the molecule is CC(C)(C)OC(=O)Nc1ccc(F)cc1N1CCNCC1. The Morgan fingerprint density at radius 2 is 2.00 bits per heavy atom. The number of piperazine rings is 1. The summed E-state index contributed by atoms with van der Waals surface area (Å²) in [5.74, 6) is -0.321. The summed E-state index contributed by atoms with van der Waals surface area (Å²) < 4.78 is 18.8. The van der Waals surface area contributed by atoms with Crippen molar-refractivity contribution in [2.24, 2.45) is 0 Å². The van der Waals surface area contributed by atoms with E-state index in [0.29, 0.717) is 11.4 Å². The number of hydrogen-bond donors (Lipinski definition) is 2. The number of carbonyl (C=O) groups is 1. The Bertz CT molecular complexity index is 508. The zero-order valence-corrected chi connectivity index (χ0v) is 12.7. The molecule has 0 unspecified atom stereocenters. The van der Waals surface area contributed by atoms with Crippen LogP contribution >= 0.6 is 0 Å². The van der Waals surface area contributed by atoms with E-state index in [0.717, 1.165) is 26.2 Å².